The van der Waals surface area contributed by atoms with Crippen molar-refractivity contribution in [2.45, 2.75) is 6.36 Å². The first-order valence-corrected chi connectivity index (χ1v) is 7.70. The summed E-state index contributed by atoms with van der Waals surface area (Å²) in [4.78, 5) is 36.7. The van der Waals surface area contributed by atoms with Gasteiger partial charge in [0.1, 0.15) is 0 Å². The van der Waals surface area contributed by atoms with Crippen LogP contribution < -0.4 is 9.64 Å². The van der Waals surface area contributed by atoms with Crippen LogP contribution in [0.5, 0.6) is 5.75 Å². The first-order chi connectivity index (χ1) is 12.1. The number of carboxylic acid groups (broad SMARTS) is 1. The summed E-state index contributed by atoms with van der Waals surface area (Å²) in [6.45, 7) is 0. The average Bonchev–Trinajstić information content (AvgIpc) is 2.80. The molecule has 0 unspecified atom stereocenters. The summed E-state index contributed by atoms with van der Waals surface area (Å²) in [7, 11) is 0. The number of nitrogens with zero attached hydrogens (tertiary/aromatic N) is 1. The lowest BCUT2D eigenvalue weighted by atomic mass is 10.1. The molecule has 3 rings (SSSR count). The van der Waals surface area contributed by atoms with Crippen LogP contribution in [0.2, 0.25) is 0 Å². The van der Waals surface area contributed by atoms with E-state index in [-0.39, 0.29) is 15.6 Å². The summed E-state index contributed by atoms with van der Waals surface area (Å²) in [6, 6.07) is 7.32. The number of imide groups is 1. The number of aromatic carboxylic acids is 1. The van der Waals surface area contributed by atoms with Gasteiger partial charge in [0.05, 0.1) is 26.9 Å². The quantitative estimate of drug-likeness (QED) is 0.749. The molecule has 0 aliphatic carbocycles. The van der Waals surface area contributed by atoms with Gasteiger partial charge in [-0.3, -0.25) is 9.59 Å². The molecule has 2 aromatic carbocycles. The van der Waals surface area contributed by atoms with Crippen molar-refractivity contribution in [3.8, 4) is 5.75 Å². The van der Waals surface area contributed by atoms with Crippen LogP contribution in [0.4, 0.5) is 18.9 Å². The molecule has 0 spiro atoms. The Balaban J connectivity index is 2.22. The maximum Gasteiger partial charge on any atom is 0.573 e. The van der Waals surface area contributed by atoms with Gasteiger partial charge in [-0.2, -0.15) is 0 Å². The van der Waals surface area contributed by atoms with E-state index in [4.69, 9.17) is 5.11 Å². The number of fused-ring (bicyclic) bond motifs is 1. The minimum atomic E-state index is -5.12. The lowest BCUT2D eigenvalue weighted by Gasteiger charge is -2.21. The molecule has 0 aromatic heterocycles. The van der Waals surface area contributed by atoms with E-state index in [2.05, 4.69) is 20.7 Å². The number of alkyl halides is 3. The molecule has 0 saturated carbocycles. The van der Waals surface area contributed by atoms with E-state index >= 15 is 0 Å². The first-order valence-electron chi connectivity index (χ1n) is 6.90. The summed E-state index contributed by atoms with van der Waals surface area (Å²) >= 11 is 2.80. The zero-order valence-corrected chi connectivity index (χ0v) is 14.1. The minimum absolute atomic E-state index is 0.00712. The zero-order chi connectivity index (χ0) is 19.2. The molecule has 0 atom stereocenters. The predicted molar refractivity (Wildman–Crippen MR) is 85.4 cm³/mol. The monoisotopic (exact) mass is 429 g/mol. The number of amides is 2. The van der Waals surface area contributed by atoms with Crippen molar-refractivity contribution in [2.24, 2.45) is 0 Å². The van der Waals surface area contributed by atoms with Crippen molar-refractivity contribution in [1.29, 1.82) is 0 Å². The van der Waals surface area contributed by atoms with Gasteiger partial charge in [0.2, 0.25) is 0 Å². The van der Waals surface area contributed by atoms with Gasteiger partial charge in [-0.05, 0) is 40.2 Å². The third-order valence-corrected chi connectivity index (χ3v) is 4.11. The molecule has 0 bridgehead atoms. The largest absolute Gasteiger partial charge is 0.573 e. The second-order valence-corrected chi connectivity index (χ2v) is 6.00. The van der Waals surface area contributed by atoms with Crippen molar-refractivity contribution in [3.63, 3.8) is 0 Å². The summed E-state index contributed by atoms with van der Waals surface area (Å²) in [6.07, 6.45) is -5.12. The highest BCUT2D eigenvalue weighted by Crippen LogP contribution is 2.43. The molecule has 0 fully saturated rings. The van der Waals surface area contributed by atoms with Gasteiger partial charge in [0, 0.05) is 0 Å². The fourth-order valence-electron chi connectivity index (χ4n) is 2.49. The Labute approximate surface area is 151 Å². The Morgan fingerprint density at radius 3 is 2.08 bits per heavy atom. The van der Waals surface area contributed by atoms with Gasteiger partial charge in [0.15, 0.2) is 5.75 Å². The Morgan fingerprint density at radius 2 is 1.62 bits per heavy atom. The van der Waals surface area contributed by atoms with Gasteiger partial charge in [0.25, 0.3) is 11.8 Å². The molecule has 10 heteroatoms. The number of rotatable bonds is 3. The second kappa shape index (κ2) is 6.13. The topological polar surface area (TPSA) is 83.9 Å². The average molecular weight is 430 g/mol. The number of carbonyl (C=O) groups is 3. The van der Waals surface area contributed by atoms with Gasteiger partial charge < -0.3 is 9.84 Å². The lowest BCUT2D eigenvalue weighted by molar-refractivity contribution is -0.274. The van der Waals surface area contributed by atoms with Crippen LogP contribution in [0.25, 0.3) is 0 Å². The lowest BCUT2D eigenvalue weighted by Crippen LogP contribution is -2.31. The molecular formula is C16H7BrF3NO5. The smallest absolute Gasteiger partial charge is 0.478 e. The maximum atomic E-state index is 12.8. The van der Waals surface area contributed by atoms with Gasteiger partial charge in [-0.25, -0.2) is 9.69 Å². The SMILES string of the molecule is O=C(O)c1cc(Br)c(OC(F)(F)F)c(N2C(=O)c3ccccc3C2=O)c1. The fraction of sp³-hybridized carbons (Fsp3) is 0.0625. The molecule has 6 nitrogen and oxygen atoms in total. The van der Waals surface area contributed by atoms with E-state index in [1.165, 1.54) is 24.3 Å². The van der Waals surface area contributed by atoms with Gasteiger partial charge >= 0.3 is 12.3 Å². The van der Waals surface area contributed by atoms with E-state index in [0.717, 1.165) is 12.1 Å². The predicted octanol–water partition coefficient (Wildman–Crippen LogP) is 3.85. The van der Waals surface area contributed by atoms with Crippen LogP contribution in [0.15, 0.2) is 40.9 Å². The van der Waals surface area contributed by atoms with Crippen LogP contribution in [-0.4, -0.2) is 29.3 Å². The molecule has 1 aliphatic heterocycles. The maximum absolute atomic E-state index is 12.8. The second-order valence-electron chi connectivity index (χ2n) is 5.15. The third-order valence-electron chi connectivity index (χ3n) is 3.52. The van der Waals surface area contributed by atoms with Crippen molar-refractivity contribution in [3.05, 3.63) is 57.6 Å². The van der Waals surface area contributed by atoms with Gasteiger partial charge in [-0.1, -0.05) is 12.1 Å². The van der Waals surface area contributed by atoms with Crippen molar-refractivity contribution < 1.29 is 37.4 Å². The zero-order valence-electron chi connectivity index (χ0n) is 12.5. The van der Waals surface area contributed by atoms with Crippen LogP contribution in [0.1, 0.15) is 31.1 Å². The van der Waals surface area contributed by atoms with E-state index in [1.54, 1.807) is 0 Å². The summed E-state index contributed by atoms with van der Waals surface area (Å²) in [5.74, 6) is -4.11. The van der Waals surface area contributed by atoms with Crippen molar-refractivity contribution in [2.75, 3.05) is 4.90 Å². The van der Waals surface area contributed by atoms with Crippen molar-refractivity contribution in [1.82, 2.24) is 0 Å². The van der Waals surface area contributed by atoms with E-state index in [0.29, 0.717) is 4.90 Å². The highest BCUT2D eigenvalue weighted by Gasteiger charge is 2.41. The standard InChI is InChI=1S/C16H7BrF3NO5/c17-10-5-7(15(24)25)6-11(12(10)26-16(18,19)20)21-13(22)8-3-1-2-4-9(8)14(21)23/h1-6H,(H,24,25). The fourth-order valence-corrected chi connectivity index (χ4v) is 3.02. The number of ether oxygens (including phenoxy) is 1. The Hall–Kier alpha value is -2.88. The number of hydrogen-bond donors (Lipinski definition) is 1. The van der Waals surface area contributed by atoms with Gasteiger partial charge in [-0.15, -0.1) is 13.2 Å². The number of hydrogen-bond acceptors (Lipinski definition) is 4. The molecule has 134 valence electrons. The molecule has 2 amide bonds. The molecular weight excluding hydrogens is 423 g/mol. The number of carbonyl (C=O) groups excluding carboxylic acids is 2. The molecule has 0 saturated heterocycles. The molecule has 1 heterocycles. The van der Waals surface area contributed by atoms with Crippen LogP contribution in [-0.2, 0) is 0 Å². The Morgan fingerprint density at radius 1 is 1.08 bits per heavy atom. The van der Waals surface area contributed by atoms with E-state index < -0.39 is 41.1 Å². The molecule has 1 N–H and O–H groups in total. The highest BCUT2D eigenvalue weighted by molar-refractivity contribution is 9.10. The molecule has 0 radical (unpaired) electrons. The van der Waals surface area contributed by atoms with Crippen LogP contribution in [0, 0.1) is 0 Å². The number of carboxylic acids is 1. The Kier molecular flexibility index (Phi) is 4.23. The number of halogens is 4. The highest BCUT2D eigenvalue weighted by atomic mass is 79.9. The number of anilines is 1. The molecule has 2 aromatic rings. The van der Waals surface area contributed by atoms with Crippen molar-refractivity contribution >= 4 is 39.4 Å². The molecule has 26 heavy (non-hydrogen) atoms. The van der Waals surface area contributed by atoms with E-state index in [9.17, 15) is 27.6 Å². The van der Waals surface area contributed by atoms with Crippen LogP contribution >= 0.6 is 15.9 Å². The summed E-state index contributed by atoms with van der Waals surface area (Å²) < 4.78 is 41.8. The first kappa shape index (κ1) is 17.9. The normalized spacial score (nSPS) is 13.8. The Bertz CT molecular complexity index is 922. The van der Waals surface area contributed by atoms with E-state index in [1.807, 2.05) is 0 Å². The third kappa shape index (κ3) is 3.03. The summed E-state index contributed by atoms with van der Waals surface area (Å²) in [5.41, 5.74) is -1.07. The van der Waals surface area contributed by atoms with Crippen LogP contribution in [0.3, 0.4) is 0 Å². The number of benzene rings is 2. The minimum Gasteiger partial charge on any atom is -0.478 e. The summed E-state index contributed by atoms with van der Waals surface area (Å²) in [5, 5.41) is 9.13. The molecule has 1 aliphatic rings.